The summed E-state index contributed by atoms with van der Waals surface area (Å²) in [4.78, 5) is 8.91. The van der Waals surface area contributed by atoms with Crippen molar-refractivity contribution in [2.75, 3.05) is 0 Å². The Morgan fingerprint density at radius 1 is 1.29 bits per heavy atom. The number of ether oxygens (including phenoxy) is 1. The third kappa shape index (κ3) is 5.42. The number of allylic oxidation sites excluding steroid dienone is 1. The molecule has 1 saturated carbocycles. The van der Waals surface area contributed by atoms with Gasteiger partial charge in [-0.2, -0.15) is 10.1 Å². The molecule has 164 valence electrons. The van der Waals surface area contributed by atoms with Crippen LogP contribution in [0.25, 0.3) is 0 Å². The third-order valence-corrected chi connectivity index (χ3v) is 4.78. The first kappa shape index (κ1) is 22.3. The summed E-state index contributed by atoms with van der Waals surface area (Å²) in [5.41, 5.74) is 7.23. The molecule has 0 bridgehead atoms. The third-order valence-electron chi connectivity index (χ3n) is 4.78. The minimum atomic E-state index is 0.245. The average molecular weight is 422 g/mol. The van der Waals surface area contributed by atoms with Crippen molar-refractivity contribution in [1.82, 2.24) is 9.99 Å². The van der Waals surface area contributed by atoms with Crippen LogP contribution in [0.1, 0.15) is 58.8 Å². The van der Waals surface area contributed by atoms with Gasteiger partial charge in [0.1, 0.15) is 11.6 Å². The van der Waals surface area contributed by atoms with Crippen LogP contribution in [0.5, 0.6) is 11.6 Å². The molecule has 1 aliphatic heterocycles. The van der Waals surface area contributed by atoms with Crippen LogP contribution >= 0.6 is 0 Å². The van der Waals surface area contributed by atoms with Crippen molar-refractivity contribution >= 4 is 11.5 Å². The van der Waals surface area contributed by atoms with Gasteiger partial charge in [0, 0.05) is 5.57 Å². The highest BCUT2D eigenvalue weighted by Crippen LogP contribution is 2.32. The Morgan fingerprint density at radius 2 is 1.97 bits per heavy atom. The SMILES string of the molecule is C=C(N)/N=C1\C(=C/C)C(c2nc(Oc3ccccc3)co2)=NN1C1CCCC1.CCC. The molecule has 31 heavy (non-hydrogen) atoms. The van der Waals surface area contributed by atoms with Crippen LogP contribution in [-0.2, 0) is 0 Å². The maximum atomic E-state index is 5.78. The predicted octanol–water partition coefficient (Wildman–Crippen LogP) is 5.62. The fourth-order valence-electron chi connectivity index (χ4n) is 3.54. The van der Waals surface area contributed by atoms with Crippen LogP contribution in [-0.4, -0.2) is 27.6 Å². The molecule has 0 radical (unpaired) electrons. The molecular weight excluding hydrogens is 390 g/mol. The first-order chi connectivity index (χ1) is 15.1. The quantitative estimate of drug-likeness (QED) is 0.677. The van der Waals surface area contributed by atoms with E-state index in [0.29, 0.717) is 35.1 Å². The molecule has 1 fully saturated rings. The largest absolute Gasteiger partial charge is 0.439 e. The van der Waals surface area contributed by atoms with E-state index in [2.05, 4.69) is 30.4 Å². The van der Waals surface area contributed by atoms with E-state index in [1.54, 1.807) is 0 Å². The van der Waals surface area contributed by atoms with E-state index in [1.807, 2.05) is 48.3 Å². The Hall–Kier alpha value is -3.35. The molecule has 4 rings (SSSR count). The van der Waals surface area contributed by atoms with Gasteiger partial charge in [-0.15, -0.1) is 0 Å². The lowest BCUT2D eigenvalue weighted by molar-refractivity contribution is 0.336. The number of hydrogen-bond donors (Lipinski definition) is 1. The number of hydrazone groups is 1. The monoisotopic (exact) mass is 421 g/mol. The molecule has 0 amide bonds. The smallest absolute Gasteiger partial charge is 0.258 e. The zero-order valence-corrected chi connectivity index (χ0v) is 18.5. The second-order valence-corrected chi connectivity index (χ2v) is 7.47. The summed E-state index contributed by atoms with van der Waals surface area (Å²) in [5.74, 6) is 2.39. The molecule has 2 aliphatic rings. The molecule has 1 aromatic carbocycles. The normalized spacial score (nSPS) is 18.8. The molecule has 2 heterocycles. The molecule has 7 nitrogen and oxygen atoms in total. The van der Waals surface area contributed by atoms with Crippen LogP contribution in [0, 0.1) is 0 Å². The lowest BCUT2D eigenvalue weighted by atomic mass is 10.1. The molecule has 0 unspecified atom stereocenters. The van der Waals surface area contributed by atoms with Crippen molar-refractivity contribution in [3.05, 3.63) is 66.5 Å². The van der Waals surface area contributed by atoms with Crippen LogP contribution in [0.4, 0.5) is 0 Å². The van der Waals surface area contributed by atoms with Crippen LogP contribution in [0.3, 0.4) is 0 Å². The summed E-state index contributed by atoms with van der Waals surface area (Å²) in [6, 6.07) is 9.74. The van der Waals surface area contributed by atoms with Crippen molar-refractivity contribution in [2.24, 2.45) is 15.8 Å². The first-order valence-corrected chi connectivity index (χ1v) is 10.8. The molecule has 7 heteroatoms. The number of hydrogen-bond acceptors (Lipinski definition) is 6. The van der Waals surface area contributed by atoms with E-state index in [9.17, 15) is 0 Å². The highest BCUT2D eigenvalue weighted by atomic mass is 16.5. The van der Waals surface area contributed by atoms with Gasteiger partial charge in [-0.1, -0.05) is 64.0 Å². The fourth-order valence-corrected chi connectivity index (χ4v) is 3.54. The summed E-state index contributed by atoms with van der Waals surface area (Å²) >= 11 is 0. The molecule has 1 aliphatic carbocycles. The number of amidine groups is 1. The van der Waals surface area contributed by atoms with Crippen molar-refractivity contribution in [2.45, 2.75) is 58.9 Å². The zero-order valence-electron chi connectivity index (χ0n) is 18.5. The van der Waals surface area contributed by atoms with Gasteiger partial charge in [0.05, 0.1) is 6.04 Å². The van der Waals surface area contributed by atoms with Crippen LogP contribution in [0.2, 0.25) is 0 Å². The Balaban J connectivity index is 0.000000858. The molecule has 2 N–H and O–H groups in total. The molecule has 0 saturated heterocycles. The summed E-state index contributed by atoms with van der Waals surface area (Å²) in [6.07, 6.45) is 9.17. The number of benzene rings is 1. The molecule has 2 aromatic rings. The van der Waals surface area contributed by atoms with Gasteiger partial charge in [0.25, 0.3) is 11.8 Å². The zero-order chi connectivity index (χ0) is 22.2. The Labute approximate surface area is 184 Å². The highest BCUT2D eigenvalue weighted by molar-refractivity contribution is 6.31. The van der Waals surface area contributed by atoms with E-state index in [0.717, 1.165) is 18.4 Å². The van der Waals surface area contributed by atoms with Crippen molar-refractivity contribution in [1.29, 1.82) is 0 Å². The second-order valence-electron chi connectivity index (χ2n) is 7.47. The Morgan fingerprint density at radius 3 is 2.58 bits per heavy atom. The van der Waals surface area contributed by atoms with E-state index in [-0.39, 0.29) is 5.82 Å². The van der Waals surface area contributed by atoms with Gasteiger partial charge in [0.15, 0.2) is 17.8 Å². The summed E-state index contributed by atoms with van der Waals surface area (Å²) in [6.45, 7) is 9.91. The Kier molecular flexibility index (Phi) is 7.65. The number of aliphatic imine (C=N–C) groups is 1. The van der Waals surface area contributed by atoms with Crippen LogP contribution < -0.4 is 10.5 Å². The topological polar surface area (TPSA) is 89.2 Å². The maximum Gasteiger partial charge on any atom is 0.258 e. The van der Waals surface area contributed by atoms with Crippen molar-refractivity contribution in [3.63, 3.8) is 0 Å². The second kappa shape index (κ2) is 10.6. The molecule has 1 aromatic heterocycles. The van der Waals surface area contributed by atoms with Crippen LogP contribution in [0.15, 0.2) is 75.2 Å². The maximum absolute atomic E-state index is 5.78. The van der Waals surface area contributed by atoms with Gasteiger partial charge in [-0.3, -0.25) is 0 Å². The van der Waals surface area contributed by atoms with Gasteiger partial charge < -0.3 is 14.9 Å². The van der Waals surface area contributed by atoms with Crippen molar-refractivity contribution < 1.29 is 9.15 Å². The highest BCUT2D eigenvalue weighted by Gasteiger charge is 2.36. The number of para-hydroxylation sites is 1. The molecule has 0 atom stereocenters. The Bertz CT molecular complexity index is 969. The summed E-state index contributed by atoms with van der Waals surface area (Å²) in [7, 11) is 0. The number of aromatic nitrogens is 1. The summed E-state index contributed by atoms with van der Waals surface area (Å²) in [5, 5.41) is 6.73. The van der Waals surface area contributed by atoms with Gasteiger partial charge in [-0.25, -0.2) is 10.0 Å². The lowest BCUT2D eigenvalue weighted by Gasteiger charge is -2.22. The van der Waals surface area contributed by atoms with E-state index >= 15 is 0 Å². The number of nitrogens with zero attached hydrogens (tertiary/aromatic N) is 4. The van der Waals surface area contributed by atoms with E-state index in [4.69, 9.17) is 20.0 Å². The van der Waals surface area contributed by atoms with E-state index in [1.165, 1.54) is 25.5 Å². The van der Waals surface area contributed by atoms with Gasteiger partial charge >= 0.3 is 0 Å². The standard InChI is InChI=1S/C21H23N5O2.C3H8/c1-3-17-19(21-24-18(13-27-21)28-16-11-5-4-6-12-16)25-26(15-9-7-8-10-15)20(17)23-14(2)22;1-3-2/h3-6,11-13,15H,2,7-10,22H2,1H3;3H2,1-2H3/b17-3-,23-20+;. The van der Waals surface area contributed by atoms with Crippen molar-refractivity contribution in [3.8, 4) is 11.6 Å². The van der Waals surface area contributed by atoms with Gasteiger partial charge in [0.2, 0.25) is 0 Å². The number of nitrogens with two attached hydrogens (primary N) is 1. The first-order valence-electron chi connectivity index (χ1n) is 10.8. The predicted molar refractivity (Wildman–Crippen MR) is 124 cm³/mol. The minimum Gasteiger partial charge on any atom is -0.439 e. The average Bonchev–Trinajstić information content (AvgIpc) is 3.49. The van der Waals surface area contributed by atoms with E-state index < -0.39 is 0 Å². The molecule has 0 spiro atoms. The minimum absolute atomic E-state index is 0.245. The summed E-state index contributed by atoms with van der Waals surface area (Å²) < 4.78 is 11.4. The van der Waals surface area contributed by atoms with Gasteiger partial charge in [-0.05, 0) is 31.9 Å². The lowest BCUT2D eigenvalue weighted by Crippen LogP contribution is -2.32. The molecular formula is C24H31N5O2. The fraction of sp³-hybridized carbons (Fsp3) is 0.375. The number of oxazole rings is 1. The number of rotatable bonds is 5.